The number of hydrogen-bond donors (Lipinski definition) is 4. The van der Waals surface area contributed by atoms with Crippen LogP contribution in [0.25, 0.3) is 0 Å². The van der Waals surface area contributed by atoms with Crippen molar-refractivity contribution in [3.05, 3.63) is 11.9 Å². The van der Waals surface area contributed by atoms with E-state index in [1.54, 1.807) is 0 Å². The second-order valence-electron chi connectivity index (χ2n) is 4.08. The molecule has 0 aromatic carbocycles. The van der Waals surface area contributed by atoms with Gasteiger partial charge in [0.05, 0.1) is 18.4 Å². The van der Waals surface area contributed by atoms with Gasteiger partial charge in [-0.25, -0.2) is 0 Å². The smallest absolute Gasteiger partial charge is 0.271 e. The van der Waals surface area contributed by atoms with Crippen molar-refractivity contribution in [2.24, 2.45) is 5.92 Å². The summed E-state index contributed by atoms with van der Waals surface area (Å²) in [4.78, 5) is 22.9. The maximum absolute atomic E-state index is 11.5. The van der Waals surface area contributed by atoms with E-state index in [9.17, 15) is 9.59 Å². The van der Waals surface area contributed by atoms with E-state index >= 15 is 0 Å². The van der Waals surface area contributed by atoms with Gasteiger partial charge in [-0.05, 0) is 5.92 Å². The number of nitrogen functional groups attached to an aromatic ring is 1. The number of carbonyl (C=O) groups excluding carboxylic acids is 2. The van der Waals surface area contributed by atoms with E-state index in [4.69, 9.17) is 5.73 Å². The molecule has 1 rings (SSSR count). The van der Waals surface area contributed by atoms with Gasteiger partial charge in [0.15, 0.2) is 0 Å². The fourth-order valence-corrected chi connectivity index (χ4v) is 1.11. The van der Waals surface area contributed by atoms with Gasteiger partial charge in [-0.2, -0.15) is 5.10 Å². The standard InChI is InChI=1S/C10H17N5O2/c1-6(2)3-12-8(16)5-13-10(17)9-7(11)4-14-15-9/h4,6H,3,5,11H2,1-2H3,(H,12,16)(H,13,17)(H,14,15). The third kappa shape index (κ3) is 4.13. The van der Waals surface area contributed by atoms with Crippen LogP contribution in [0, 0.1) is 5.92 Å². The fourth-order valence-electron chi connectivity index (χ4n) is 1.11. The minimum Gasteiger partial charge on any atom is -0.396 e. The monoisotopic (exact) mass is 239 g/mol. The number of carbonyl (C=O) groups is 2. The van der Waals surface area contributed by atoms with Gasteiger partial charge in [0.1, 0.15) is 5.69 Å². The number of aromatic amines is 1. The first-order chi connectivity index (χ1) is 8.00. The predicted octanol–water partition coefficient (Wildman–Crippen LogP) is -0.506. The van der Waals surface area contributed by atoms with E-state index in [2.05, 4.69) is 20.8 Å². The van der Waals surface area contributed by atoms with Crippen LogP contribution in [0.15, 0.2) is 6.20 Å². The van der Waals surface area contributed by atoms with Crippen molar-refractivity contribution in [1.29, 1.82) is 0 Å². The molecule has 0 saturated carbocycles. The van der Waals surface area contributed by atoms with Crippen LogP contribution in [-0.4, -0.2) is 35.1 Å². The molecular weight excluding hydrogens is 222 g/mol. The number of hydrogen-bond acceptors (Lipinski definition) is 4. The molecule has 17 heavy (non-hydrogen) atoms. The summed E-state index contributed by atoms with van der Waals surface area (Å²) in [7, 11) is 0. The summed E-state index contributed by atoms with van der Waals surface area (Å²) < 4.78 is 0. The molecule has 1 heterocycles. The maximum atomic E-state index is 11.5. The van der Waals surface area contributed by atoms with E-state index in [1.165, 1.54) is 6.20 Å². The number of amides is 2. The molecule has 0 aliphatic rings. The largest absolute Gasteiger partial charge is 0.396 e. The number of nitrogens with zero attached hydrogens (tertiary/aromatic N) is 1. The lowest BCUT2D eigenvalue weighted by molar-refractivity contribution is -0.120. The highest BCUT2D eigenvalue weighted by molar-refractivity contribution is 5.98. The predicted molar refractivity (Wildman–Crippen MR) is 63.2 cm³/mol. The van der Waals surface area contributed by atoms with Crippen LogP contribution in [0.4, 0.5) is 5.69 Å². The van der Waals surface area contributed by atoms with E-state index in [-0.39, 0.29) is 23.8 Å². The Morgan fingerprint density at radius 3 is 2.71 bits per heavy atom. The lowest BCUT2D eigenvalue weighted by atomic mass is 10.2. The van der Waals surface area contributed by atoms with Crippen LogP contribution in [-0.2, 0) is 4.79 Å². The molecule has 1 aromatic rings. The van der Waals surface area contributed by atoms with Crippen LogP contribution in [0.3, 0.4) is 0 Å². The van der Waals surface area contributed by atoms with Gasteiger partial charge in [0.2, 0.25) is 5.91 Å². The molecule has 0 radical (unpaired) electrons. The average molecular weight is 239 g/mol. The fraction of sp³-hybridized carbons (Fsp3) is 0.500. The summed E-state index contributed by atoms with van der Waals surface area (Å²) in [6.45, 7) is 4.49. The first kappa shape index (κ1) is 13.0. The number of H-pyrrole nitrogens is 1. The van der Waals surface area contributed by atoms with Crippen LogP contribution < -0.4 is 16.4 Å². The van der Waals surface area contributed by atoms with Gasteiger partial charge in [-0.3, -0.25) is 14.7 Å². The van der Waals surface area contributed by atoms with Crippen molar-refractivity contribution in [3.8, 4) is 0 Å². The minimum absolute atomic E-state index is 0.0794. The van der Waals surface area contributed by atoms with Gasteiger partial charge in [0, 0.05) is 6.54 Å². The third-order valence-electron chi connectivity index (χ3n) is 2.01. The first-order valence-corrected chi connectivity index (χ1v) is 5.34. The van der Waals surface area contributed by atoms with Crippen LogP contribution in [0.1, 0.15) is 24.3 Å². The SMILES string of the molecule is CC(C)CNC(=O)CNC(=O)c1[nH]ncc1N. The van der Waals surface area contributed by atoms with Crippen molar-refractivity contribution in [2.75, 3.05) is 18.8 Å². The van der Waals surface area contributed by atoms with Crippen molar-refractivity contribution in [1.82, 2.24) is 20.8 Å². The normalized spacial score (nSPS) is 10.3. The number of rotatable bonds is 5. The van der Waals surface area contributed by atoms with Crippen LogP contribution in [0.2, 0.25) is 0 Å². The summed E-state index contributed by atoms with van der Waals surface area (Å²) in [6.07, 6.45) is 1.34. The van der Waals surface area contributed by atoms with Gasteiger partial charge >= 0.3 is 0 Å². The zero-order chi connectivity index (χ0) is 12.8. The summed E-state index contributed by atoms with van der Waals surface area (Å²) in [5.41, 5.74) is 5.91. The zero-order valence-corrected chi connectivity index (χ0v) is 9.91. The second-order valence-corrected chi connectivity index (χ2v) is 4.08. The third-order valence-corrected chi connectivity index (χ3v) is 2.01. The minimum atomic E-state index is -0.445. The Kier molecular flexibility index (Phi) is 4.50. The molecule has 1 aromatic heterocycles. The molecule has 0 unspecified atom stereocenters. The van der Waals surface area contributed by atoms with Crippen molar-refractivity contribution in [2.45, 2.75) is 13.8 Å². The quantitative estimate of drug-likeness (QED) is 0.554. The highest BCUT2D eigenvalue weighted by Gasteiger charge is 2.12. The Labute approximate surface area is 99.1 Å². The van der Waals surface area contributed by atoms with E-state index < -0.39 is 5.91 Å². The van der Waals surface area contributed by atoms with Crippen molar-refractivity contribution in [3.63, 3.8) is 0 Å². The van der Waals surface area contributed by atoms with Crippen molar-refractivity contribution < 1.29 is 9.59 Å². The highest BCUT2D eigenvalue weighted by atomic mass is 16.2. The average Bonchev–Trinajstić information content (AvgIpc) is 2.69. The number of aromatic nitrogens is 2. The van der Waals surface area contributed by atoms with E-state index in [0.717, 1.165) is 0 Å². The molecule has 0 saturated heterocycles. The molecule has 7 heteroatoms. The zero-order valence-electron chi connectivity index (χ0n) is 9.91. The first-order valence-electron chi connectivity index (χ1n) is 5.34. The molecule has 94 valence electrons. The Morgan fingerprint density at radius 1 is 1.47 bits per heavy atom. The molecule has 0 bridgehead atoms. The Hall–Kier alpha value is -2.05. The molecule has 0 aliphatic heterocycles. The topological polar surface area (TPSA) is 113 Å². The van der Waals surface area contributed by atoms with E-state index in [1.807, 2.05) is 13.8 Å². The Bertz CT molecular complexity index is 399. The lowest BCUT2D eigenvalue weighted by Gasteiger charge is -2.08. The highest BCUT2D eigenvalue weighted by Crippen LogP contribution is 2.04. The summed E-state index contributed by atoms with van der Waals surface area (Å²) >= 11 is 0. The summed E-state index contributed by atoms with van der Waals surface area (Å²) in [5, 5.41) is 11.2. The molecule has 0 fully saturated rings. The summed E-state index contributed by atoms with van der Waals surface area (Å²) in [5.74, 6) is -0.303. The maximum Gasteiger partial charge on any atom is 0.271 e. The lowest BCUT2D eigenvalue weighted by Crippen LogP contribution is -2.38. The van der Waals surface area contributed by atoms with Gasteiger partial charge < -0.3 is 16.4 Å². The molecular formula is C10H17N5O2. The van der Waals surface area contributed by atoms with Crippen LogP contribution >= 0.6 is 0 Å². The van der Waals surface area contributed by atoms with Crippen LogP contribution in [0.5, 0.6) is 0 Å². The van der Waals surface area contributed by atoms with Gasteiger partial charge in [0.25, 0.3) is 5.91 Å². The van der Waals surface area contributed by atoms with E-state index in [0.29, 0.717) is 12.5 Å². The number of anilines is 1. The van der Waals surface area contributed by atoms with Gasteiger partial charge in [-0.15, -0.1) is 0 Å². The molecule has 0 aliphatic carbocycles. The molecule has 0 spiro atoms. The second kappa shape index (κ2) is 5.88. The molecule has 5 N–H and O–H groups in total. The van der Waals surface area contributed by atoms with Gasteiger partial charge in [-0.1, -0.05) is 13.8 Å². The Morgan fingerprint density at radius 2 is 2.18 bits per heavy atom. The molecule has 7 nitrogen and oxygen atoms in total. The number of nitrogens with one attached hydrogen (secondary N) is 3. The Balaban J connectivity index is 2.34. The summed E-state index contributed by atoms with van der Waals surface area (Å²) in [6, 6.07) is 0. The van der Waals surface area contributed by atoms with Crippen molar-refractivity contribution >= 4 is 17.5 Å². The molecule has 0 atom stereocenters. The number of nitrogens with two attached hydrogens (primary N) is 1. The molecule has 2 amide bonds.